The molecule has 0 spiro atoms. The van der Waals surface area contributed by atoms with E-state index in [9.17, 15) is 31.1 Å². The lowest BCUT2D eigenvalue weighted by molar-refractivity contribution is -0.142. The van der Waals surface area contributed by atoms with E-state index in [1.165, 1.54) is 38.3 Å². The molecule has 0 fully saturated rings. The number of hydrogen-bond acceptors (Lipinski definition) is 5. The number of carbonyl (C=O) groups excluding carboxylic acids is 1. The standard InChI is InChI=1S/C24H17F6N3O3/c1-13(14-7-3-5-9-17(14)23(25,26)27)36-22(34)16-12-31-33-20(24(28,29)30)11-18(32-21(16)33)15-8-4-6-10-19(15)35-2/h3-13H,1-2H3/t13-/m0/s1. The summed E-state index contributed by atoms with van der Waals surface area (Å²) in [6.45, 7) is 1.23. The van der Waals surface area contributed by atoms with Crippen molar-refractivity contribution in [3.63, 3.8) is 0 Å². The van der Waals surface area contributed by atoms with Crippen LogP contribution in [0.1, 0.15) is 40.2 Å². The molecule has 0 amide bonds. The number of alkyl halides is 6. The molecule has 2 aromatic heterocycles. The van der Waals surface area contributed by atoms with Gasteiger partial charge >= 0.3 is 18.3 Å². The van der Waals surface area contributed by atoms with Crippen molar-refractivity contribution in [2.24, 2.45) is 0 Å². The van der Waals surface area contributed by atoms with Gasteiger partial charge in [-0.1, -0.05) is 30.3 Å². The molecule has 0 aliphatic heterocycles. The number of fused-ring (bicyclic) bond motifs is 1. The number of hydrogen-bond donors (Lipinski definition) is 0. The molecule has 0 saturated carbocycles. The fraction of sp³-hybridized carbons (Fsp3) is 0.208. The molecule has 2 heterocycles. The monoisotopic (exact) mass is 509 g/mol. The maximum absolute atomic E-state index is 13.9. The minimum absolute atomic E-state index is 0.155. The van der Waals surface area contributed by atoms with Gasteiger partial charge in [0.05, 0.1) is 24.6 Å². The van der Waals surface area contributed by atoms with E-state index in [0.717, 1.165) is 24.4 Å². The third kappa shape index (κ3) is 4.70. The van der Waals surface area contributed by atoms with Gasteiger partial charge in [0.1, 0.15) is 17.4 Å². The molecular formula is C24H17F6N3O3. The average Bonchev–Trinajstić information content (AvgIpc) is 3.26. The molecule has 0 N–H and O–H groups in total. The summed E-state index contributed by atoms with van der Waals surface area (Å²) in [4.78, 5) is 17.1. The summed E-state index contributed by atoms with van der Waals surface area (Å²) < 4.78 is 92.5. The van der Waals surface area contributed by atoms with Crippen molar-refractivity contribution < 1.29 is 40.6 Å². The highest BCUT2D eigenvalue weighted by molar-refractivity contribution is 5.96. The summed E-state index contributed by atoms with van der Waals surface area (Å²) in [7, 11) is 1.34. The van der Waals surface area contributed by atoms with Gasteiger partial charge in [-0.2, -0.15) is 31.4 Å². The van der Waals surface area contributed by atoms with Crippen LogP contribution in [0.3, 0.4) is 0 Å². The van der Waals surface area contributed by atoms with Crippen LogP contribution >= 0.6 is 0 Å². The lowest BCUT2D eigenvalue weighted by Gasteiger charge is -2.18. The van der Waals surface area contributed by atoms with Gasteiger partial charge in [0, 0.05) is 11.1 Å². The Kier molecular flexibility index (Phi) is 6.37. The van der Waals surface area contributed by atoms with Crippen LogP contribution in [-0.2, 0) is 17.1 Å². The third-order valence-electron chi connectivity index (χ3n) is 5.35. The van der Waals surface area contributed by atoms with Gasteiger partial charge in [-0.25, -0.2) is 14.3 Å². The van der Waals surface area contributed by atoms with Crippen molar-refractivity contribution in [2.45, 2.75) is 25.4 Å². The first-order chi connectivity index (χ1) is 16.9. The average molecular weight is 509 g/mol. The predicted molar refractivity (Wildman–Crippen MR) is 115 cm³/mol. The van der Waals surface area contributed by atoms with Gasteiger partial charge < -0.3 is 9.47 Å². The minimum atomic E-state index is -4.87. The number of esters is 1. The molecule has 12 heteroatoms. The van der Waals surface area contributed by atoms with Crippen LogP contribution in [0.4, 0.5) is 26.3 Å². The van der Waals surface area contributed by atoms with Gasteiger partial charge in [-0.05, 0) is 31.2 Å². The van der Waals surface area contributed by atoms with Crippen molar-refractivity contribution >= 4 is 11.6 Å². The number of methoxy groups -OCH3 is 1. The highest BCUT2D eigenvalue weighted by Crippen LogP contribution is 2.37. The first kappa shape index (κ1) is 25.0. The van der Waals surface area contributed by atoms with Crippen LogP contribution in [0, 0.1) is 0 Å². The number of carbonyl (C=O) groups is 1. The van der Waals surface area contributed by atoms with E-state index >= 15 is 0 Å². The number of aromatic nitrogens is 3. The van der Waals surface area contributed by atoms with Crippen LogP contribution in [0.25, 0.3) is 16.9 Å². The summed E-state index contributed by atoms with van der Waals surface area (Å²) in [5.41, 5.74) is -3.39. The van der Waals surface area contributed by atoms with Crippen molar-refractivity contribution in [2.75, 3.05) is 7.11 Å². The van der Waals surface area contributed by atoms with Crippen LogP contribution in [-0.4, -0.2) is 27.7 Å². The van der Waals surface area contributed by atoms with E-state index in [2.05, 4.69) is 10.1 Å². The van der Waals surface area contributed by atoms with Crippen molar-refractivity contribution in [3.05, 3.63) is 83.2 Å². The highest BCUT2D eigenvalue weighted by atomic mass is 19.4. The molecule has 0 radical (unpaired) electrons. The number of halogens is 6. The Morgan fingerprint density at radius 3 is 2.31 bits per heavy atom. The lowest BCUT2D eigenvalue weighted by Crippen LogP contribution is -2.16. The first-order valence-corrected chi connectivity index (χ1v) is 10.4. The largest absolute Gasteiger partial charge is 0.496 e. The Morgan fingerprint density at radius 2 is 1.64 bits per heavy atom. The van der Waals surface area contributed by atoms with E-state index in [1.54, 1.807) is 12.1 Å². The van der Waals surface area contributed by atoms with Crippen LogP contribution < -0.4 is 4.74 Å². The van der Waals surface area contributed by atoms with Gasteiger partial charge in [0.15, 0.2) is 11.3 Å². The van der Waals surface area contributed by atoms with Crippen molar-refractivity contribution in [1.82, 2.24) is 14.6 Å². The molecule has 0 aliphatic rings. The molecule has 0 aliphatic carbocycles. The van der Waals surface area contributed by atoms with Crippen molar-refractivity contribution in [3.8, 4) is 17.0 Å². The summed E-state index contributed by atoms with van der Waals surface area (Å²) in [5, 5.41) is 3.64. The molecule has 2 aromatic carbocycles. The zero-order chi connectivity index (χ0) is 26.3. The first-order valence-electron chi connectivity index (χ1n) is 10.4. The fourth-order valence-corrected chi connectivity index (χ4v) is 3.70. The minimum Gasteiger partial charge on any atom is -0.496 e. The Balaban J connectivity index is 1.80. The topological polar surface area (TPSA) is 65.7 Å². The van der Waals surface area contributed by atoms with E-state index in [1.807, 2.05) is 0 Å². The second-order valence-corrected chi connectivity index (χ2v) is 7.65. The molecule has 36 heavy (non-hydrogen) atoms. The van der Waals surface area contributed by atoms with Gasteiger partial charge in [-0.15, -0.1) is 0 Å². The van der Waals surface area contributed by atoms with E-state index in [4.69, 9.17) is 9.47 Å². The highest BCUT2D eigenvalue weighted by Gasteiger charge is 2.37. The molecular weight excluding hydrogens is 492 g/mol. The molecule has 0 bridgehead atoms. The molecule has 1 atom stereocenters. The summed E-state index contributed by atoms with van der Waals surface area (Å²) >= 11 is 0. The maximum Gasteiger partial charge on any atom is 0.433 e. The van der Waals surface area contributed by atoms with Crippen LogP contribution in [0.5, 0.6) is 5.75 Å². The number of para-hydroxylation sites is 1. The molecule has 188 valence electrons. The number of ether oxygens (including phenoxy) is 2. The zero-order valence-electron chi connectivity index (χ0n) is 18.7. The number of nitrogens with zero attached hydrogens (tertiary/aromatic N) is 3. The van der Waals surface area contributed by atoms with E-state index in [0.29, 0.717) is 4.52 Å². The summed E-state index contributed by atoms with van der Waals surface area (Å²) in [6, 6.07) is 11.5. The van der Waals surface area contributed by atoms with Gasteiger partial charge in [0.25, 0.3) is 0 Å². The Labute approximate surface area is 200 Å². The lowest BCUT2D eigenvalue weighted by atomic mass is 10.0. The second kappa shape index (κ2) is 9.17. The predicted octanol–water partition coefficient (Wildman–Crippen LogP) is 6.36. The second-order valence-electron chi connectivity index (χ2n) is 7.65. The molecule has 0 saturated heterocycles. The molecule has 6 nitrogen and oxygen atoms in total. The molecule has 4 aromatic rings. The normalized spacial score (nSPS) is 13.0. The smallest absolute Gasteiger partial charge is 0.433 e. The van der Waals surface area contributed by atoms with Crippen molar-refractivity contribution in [1.29, 1.82) is 0 Å². The molecule has 4 rings (SSSR count). The molecule has 0 unspecified atom stereocenters. The summed E-state index contributed by atoms with van der Waals surface area (Å²) in [5.74, 6) is -0.948. The quantitative estimate of drug-likeness (QED) is 0.231. The Hall–Kier alpha value is -4.09. The number of benzene rings is 2. The SMILES string of the molecule is COc1ccccc1-c1cc(C(F)(F)F)n2ncc(C(=O)O[C@@H](C)c3ccccc3C(F)(F)F)c2n1. The van der Waals surface area contributed by atoms with Crippen LogP contribution in [0.15, 0.2) is 60.8 Å². The zero-order valence-corrected chi connectivity index (χ0v) is 18.7. The van der Waals surface area contributed by atoms with E-state index < -0.39 is 46.9 Å². The van der Waals surface area contributed by atoms with Gasteiger partial charge in [-0.3, -0.25) is 0 Å². The third-order valence-corrected chi connectivity index (χ3v) is 5.35. The Bertz CT molecular complexity index is 1430. The van der Waals surface area contributed by atoms with Crippen LogP contribution in [0.2, 0.25) is 0 Å². The van der Waals surface area contributed by atoms with Gasteiger partial charge in [0.2, 0.25) is 0 Å². The fourth-order valence-electron chi connectivity index (χ4n) is 3.70. The number of rotatable bonds is 5. The maximum atomic E-state index is 13.9. The van der Waals surface area contributed by atoms with E-state index in [-0.39, 0.29) is 22.6 Å². The Morgan fingerprint density at radius 1 is 0.972 bits per heavy atom. The summed E-state index contributed by atoms with van der Waals surface area (Å²) in [6.07, 6.45) is -10.1.